The number of hydrogen-bond donors (Lipinski definition) is 1. The number of anilines is 1. The highest BCUT2D eigenvalue weighted by Crippen LogP contribution is 2.38. The average molecular weight is 218 g/mol. The van der Waals surface area contributed by atoms with Crippen molar-refractivity contribution in [3.8, 4) is 0 Å². The van der Waals surface area contributed by atoms with E-state index in [0.29, 0.717) is 12.1 Å². The Morgan fingerprint density at radius 1 is 1.25 bits per heavy atom. The second-order valence-electron chi connectivity index (χ2n) is 5.30. The van der Waals surface area contributed by atoms with Gasteiger partial charge in [0.1, 0.15) is 0 Å². The summed E-state index contributed by atoms with van der Waals surface area (Å²) in [5.74, 6) is 0. The van der Waals surface area contributed by atoms with E-state index >= 15 is 0 Å². The van der Waals surface area contributed by atoms with Gasteiger partial charge in [-0.2, -0.15) is 0 Å². The first-order chi connectivity index (χ1) is 7.49. The fourth-order valence-electron chi connectivity index (χ4n) is 2.79. The van der Waals surface area contributed by atoms with Gasteiger partial charge in [-0.1, -0.05) is 6.07 Å². The summed E-state index contributed by atoms with van der Waals surface area (Å²) in [7, 11) is 4.34. The quantitative estimate of drug-likeness (QED) is 0.779. The summed E-state index contributed by atoms with van der Waals surface area (Å²) in [5, 5.41) is 3.60. The molecule has 0 radical (unpaired) electrons. The lowest BCUT2D eigenvalue weighted by molar-refractivity contribution is 0.269. The molecule has 0 saturated heterocycles. The van der Waals surface area contributed by atoms with E-state index in [0.717, 1.165) is 0 Å². The SMILES string of the molecule is Cc1cc(C)c2c(c1)NC(C)CC2N(C)C. The molecule has 1 aromatic rings. The predicted molar refractivity (Wildman–Crippen MR) is 70.0 cm³/mol. The molecule has 2 atom stereocenters. The van der Waals surface area contributed by atoms with Crippen LogP contribution < -0.4 is 5.32 Å². The zero-order valence-electron chi connectivity index (χ0n) is 11.0. The predicted octanol–water partition coefficient (Wildman–Crippen LogP) is 3.11. The third-order valence-corrected chi connectivity index (χ3v) is 3.47. The molecule has 2 nitrogen and oxygen atoms in total. The lowest BCUT2D eigenvalue weighted by Gasteiger charge is -2.36. The van der Waals surface area contributed by atoms with Gasteiger partial charge in [0, 0.05) is 17.8 Å². The van der Waals surface area contributed by atoms with Crippen molar-refractivity contribution in [2.24, 2.45) is 0 Å². The molecule has 88 valence electrons. The van der Waals surface area contributed by atoms with Gasteiger partial charge in [-0.15, -0.1) is 0 Å². The molecule has 1 aliphatic rings. The summed E-state index contributed by atoms with van der Waals surface area (Å²) < 4.78 is 0. The maximum absolute atomic E-state index is 3.60. The molecule has 16 heavy (non-hydrogen) atoms. The largest absolute Gasteiger partial charge is 0.382 e. The molecule has 0 aromatic heterocycles. The van der Waals surface area contributed by atoms with Crippen LogP contribution in [-0.2, 0) is 0 Å². The van der Waals surface area contributed by atoms with Gasteiger partial charge in [0.05, 0.1) is 0 Å². The van der Waals surface area contributed by atoms with Crippen molar-refractivity contribution < 1.29 is 0 Å². The van der Waals surface area contributed by atoms with Crippen molar-refractivity contribution in [1.29, 1.82) is 0 Å². The van der Waals surface area contributed by atoms with Crippen molar-refractivity contribution in [3.63, 3.8) is 0 Å². The Bertz CT molecular complexity index is 396. The van der Waals surface area contributed by atoms with Crippen LogP contribution in [0.3, 0.4) is 0 Å². The van der Waals surface area contributed by atoms with E-state index in [1.54, 1.807) is 0 Å². The molecule has 2 rings (SSSR count). The van der Waals surface area contributed by atoms with Crippen LogP contribution in [0.15, 0.2) is 12.1 Å². The van der Waals surface area contributed by atoms with Gasteiger partial charge in [0.15, 0.2) is 0 Å². The number of nitrogens with zero attached hydrogens (tertiary/aromatic N) is 1. The molecule has 2 unspecified atom stereocenters. The van der Waals surface area contributed by atoms with Crippen molar-refractivity contribution in [2.45, 2.75) is 39.3 Å². The van der Waals surface area contributed by atoms with Gasteiger partial charge in [0.25, 0.3) is 0 Å². The molecule has 0 amide bonds. The highest BCUT2D eigenvalue weighted by atomic mass is 15.1. The highest BCUT2D eigenvalue weighted by Gasteiger charge is 2.27. The standard InChI is InChI=1S/C14H22N2/c1-9-6-10(2)14-12(7-9)15-11(3)8-13(14)16(4)5/h6-7,11,13,15H,8H2,1-5H3. The van der Waals surface area contributed by atoms with Crippen molar-refractivity contribution in [2.75, 3.05) is 19.4 Å². The molecule has 2 heteroatoms. The van der Waals surface area contributed by atoms with E-state index in [4.69, 9.17) is 0 Å². The van der Waals surface area contributed by atoms with E-state index in [2.05, 4.69) is 57.2 Å². The Morgan fingerprint density at radius 2 is 1.94 bits per heavy atom. The first-order valence-electron chi connectivity index (χ1n) is 6.03. The molecule has 0 fully saturated rings. The average Bonchev–Trinajstić information content (AvgIpc) is 2.14. The van der Waals surface area contributed by atoms with Crippen molar-refractivity contribution in [3.05, 3.63) is 28.8 Å². The number of aryl methyl sites for hydroxylation is 2. The van der Waals surface area contributed by atoms with Gasteiger partial charge < -0.3 is 10.2 Å². The van der Waals surface area contributed by atoms with Crippen molar-refractivity contribution in [1.82, 2.24) is 4.90 Å². The molecule has 0 bridgehead atoms. The van der Waals surface area contributed by atoms with Crippen LogP contribution >= 0.6 is 0 Å². The van der Waals surface area contributed by atoms with E-state index in [9.17, 15) is 0 Å². The summed E-state index contributed by atoms with van der Waals surface area (Å²) in [6.07, 6.45) is 1.18. The lowest BCUT2D eigenvalue weighted by Crippen LogP contribution is -2.33. The fourth-order valence-corrected chi connectivity index (χ4v) is 2.79. The lowest BCUT2D eigenvalue weighted by atomic mass is 9.88. The summed E-state index contributed by atoms with van der Waals surface area (Å²) in [6, 6.07) is 5.66. The molecule has 1 heterocycles. The third kappa shape index (κ3) is 1.94. The molecular formula is C14H22N2. The normalized spacial score (nSPS) is 24.1. The van der Waals surface area contributed by atoms with Gasteiger partial charge >= 0.3 is 0 Å². The number of hydrogen-bond acceptors (Lipinski definition) is 2. The number of rotatable bonds is 1. The van der Waals surface area contributed by atoms with Crippen LogP contribution in [0.2, 0.25) is 0 Å². The molecule has 0 saturated carbocycles. The van der Waals surface area contributed by atoms with Crippen LogP contribution in [0, 0.1) is 13.8 Å². The minimum Gasteiger partial charge on any atom is -0.382 e. The van der Waals surface area contributed by atoms with E-state index in [1.807, 2.05) is 0 Å². The zero-order valence-corrected chi connectivity index (χ0v) is 11.0. The molecule has 1 aromatic carbocycles. The first-order valence-corrected chi connectivity index (χ1v) is 6.03. The fraction of sp³-hybridized carbons (Fsp3) is 0.571. The van der Waals surface area contributed by atoms with Gasteiger partial charge in [-0.05, 0) is 64.0 Å². The minimum atomic E-state index is 0.548. The maximum Gasteiger partial charge on any atom is 0.0396 e. The van der Waals surface area contributed by atoms with E-state index in [-0.39, 0.29) is 0 Å². The van der Waals surface area contributed by atoms with Gasteiger partial charge in [-0.3, -0.25) is 0 Å². The Kier molecular flexibility index (Phi) is 2.94. The second kappa shape index (κ2) is 4.10. The minimum absolute atomic E-state index is 0.548. The summed E-state index contributed by atoms with van der Waals surface area (Å²) in [6.45, 7) is 6.65. The Labute approximate surface area is 98.7 Å². The van der Waals surface area contributed by atoms with Crippen LogP contribution in [0.25, 0.3) is 0 Å². The highest BCUT2D eigenvalue weighted by molar-refractivity contribution is 5.60. The summed E-state index contributed by atoms with van der Waals surface area (Å²) >= 11 is 0. The number of fused-ring (bicyclic) bond motifs is 1. The van der Waals surface area contributed by atoms with Crippen LogP contribution in [0.1, 0.15) is 36.1 Å². The van der Waals surface area contributed by atoms with E-state index in [1.165, 1.54) is 28.8 Å². The molecule has 1 aliphatic heterocycles. The molecular weight excluding hydrogens is 196 g/mol. The number of nitrogens with one attached hydrogen (secondary N) is 1. The van der Waals surface area contributed by atoms with Gasteiger partial charge in [-0.25, -0.2) is 0 Å². The molecule has 0 spiro atoms. The zero-order chi connectivity index (χ0) is 11.9. The number of benzene rings is 1. The Balaban J connectivity index is 2.52. The summed E-state index contributed by atoms with van der Waals surface area (Å²) in [5.41, 5.74) is 5.56. The topological polar surface area (TPSA) is 15.3 Å². The van der Waals surface area contributed by atoms with Crippen LogP contribution in [0.5, 0.6) is 0 Å². The monoisotopic (exact) mass is 218 g/mol. The maximum atomic E-state index is 3.60. The molecule has 0 aliphatic carbocycles. The first kappa shape index (κ1) is 11.5. The Morgan fingerprint density at radius 3 is 2.56 bits per heavy atom. The summed E-state index contributed by atoms with van der Waals surface area (Å²) in [4.78, 5) is 2.33. The van der Waals surface area contributed by atoms with E-state index < -0.39 is 0 Å². The van der Waals surface area contributed by atoms with Gasteiger partial charge in [0.2, 0.25) is 0 Å². The third-order valence-electron chi connectivity index (χ3n) is 3.47. The smallest absolute Gasteiger partial charge is 0.0396 e. The van der Waals surface area contributed by atoms with Crippen LogP contribution in [-0.4, -0.2) is 25.0 Å². The van der Waals surface area contributed by atoms with Crippen molar-refractivity contribution >= 4 is 5.69 Å². The van der Waals surface area contributed by atoms with Crippen LogP contribution in [0.4, 0.5) is 5.69 Å². The second-order valence-corrected chi connectivity index (χ2v) is 5.30. The Hall–Kier alpha value is -1.02. The molecule has 1 N–H and O–H groups in total.